The number of benzene rings is 1. The summed E-state index contributed by atoms with van der Waals surface area (Å²) in [6, 6.07) is 3.66. The Bertz CT molecular complexity index is 526. The lowest BCUT2D eigenvalue weighted by Gasteiger charge is -2.22. The maximum atomic E-state index is 13.1. The molecule has 0 spiro atoms. The van der Waals surface area contributed by atoms with Gasteiger partial charge in [0.05, 0.1) is 11.5 Å². The van der Waals surface area contributed by atoms with Crippen molar-refractivity contribution in [2.24, 2.45) is 5.73 Å². The number of aryl methyl sites for hydroxylation is 1. The Morgan fingerprint density at radius 2 is 2.05 bits per heavy atom. The molecule has 0 aromatic heterocycles. The first-order valence-electron chi connectivity index (χ1n) is 6.38. The number of hydrogen-bond acceptors (Lipinski definition) is 4. The van der Waals surface area contributed by atoms with Crippen LogP contribution >= 0.6 is 0 Å². The highest BCUT2D eigenvalue weighted by Gasteiger charge is 2.25. The van der Waals surface area contributed by atoms with Gasteiger partial charge >= 0.3 is 0 Å². The van der Waals surface area contributed by atoms with Gasteiger partial charge in [0, 0.05) is 20.2 Å². The number of methoxy groups -OCH3 is 1. The molecule has 0 saturated heterocycles. The minimum absolute atomic E-state index is 0.118. The molecule has 0 amide bonds. The van der Waals surface area contributed by atoms with Gasteiger partial charge in [0.15, 0.2) is 0 Å². The van der Waals surface area contributed by atoms with Crippen LogP contribution in [0.1, 0.15) is 12.0 Å². The summed E-state index contributed by atoms with van der Waals surface area (Å²) in [6.07, 6.45) is 0.559. The van der Waals surface area contributed by atoms with Crippen molar-refractivity contribution < 1.29 is 17.5 Å². The zero-order valence-corrected chi connectivity index (χ0v) is 12.6. The topological polar surface area (TPSA) is 72.6 Å². The molecule has 0 unspecified atom stereocenters. The Morgan fingerprint density at radius 1 is 1.35 bits per heavy atom. The Balaban J connectivity index is 3.07. The molecule has 114 valence electrons. The van der Waals surface area contributed by atoms with E-state index in [1.54, 1.807) is 6.92 Å². The number of halogens is 1. The van der Waals surface area contributed by atoms with E-state index < -0.39 is 15.8 Å². The first kappa shape index (κ1) is 17.0. The maximum Gasteiger partial charge on any atom is 0.243 e. The molecule has 0 fully saturated rings. The summed E-state index contributed by atoms with van der Waals surface area (Å²) < 4.78 is 44.5. The highest BCUT2D eigenvalue weighted by Crippen LogP contribution is 2.20. The van der Waals surface area contributed by atoms with Gasteiger partial charge in [-0.3, -0.25) is 0 Å². The molecule has 7 heteroatoms. The number of nitrogens with zero attached hydrogens (tertiary/aromatic N) is 1. The lowest BCUT2D eigenvalue weighted by Crippen LogP contribution is -2.36. The van der Waals surface area contributed by atoms with E-state index in [9.17, 15) is 12.8 Å². The molecule has 2 N–H and O–H groups in total. The largest absolute Gasteiger partial charge is 0.383 e. The molecule has 0 radical (unpaired) electrons. The van der Waals surface area contributed by atoms with Gasteiger partial charge in [0.1, 0.15) is 5.82 Å². The molecule has 0 bridgehead atoms. The molecule has 0 aliphatic rings. The Labute approximate surface area is 119 Å². The van der Waals surface area contributed by atoms with Crippen molar-refractivity contribution in [3.8, 4) is 0 Å². The lowest BCUT2D eigenvalue weighted by atomic mass is 10.2. The predicted octanol–water partition coefficient (Wildman–Crippen LogP) is 1.12. The van der Waals surface area contributed by atoms with Crippen LogP contribution in [0.15, 0.2) is 23.1 Å². The van der Waals surface area contributed by atoms with Crippen LogP contribution in [0.25, 0.3) is 0 Å². The van der Waals surface area contributed by atoms with E-state index in [0.717, 1.165) is 6.07 Å². The standard InChI is InChI=1S/C13H21FN2O3S/c1-11-10-12(14)4-5-13(11)20(17,18)16(7-3-6-15)8-9-19-2/h4-5,10H,3,6-9,15H2,1-2H3. The molecular formula is C13H21FN2O3S. The molecule has 0 heterocycles. The molecule has 0 aliphatic heterocycles. The van der Waals surface area contributed by atoms with E-state index in [1.807, 2.05) is 0 Å². The smallest absolute Gasteiger partial charge is 0.243 e. The first-order chi connectivity index (χ1) is 9.43. The summed E-state index contributed by atoms with van der Waals surface area (Å²) in [5, 5.41) is 0. The third-order valence-electron chi connectivity index (χ3n) is 2.91. The average Bonchev–Trinajstić information content (AvgIpc) is 2.38. The molecule has 1 rings (SSSR count). The molecule has 5 nitrogen and oxygen atoms in total. The van der Waals surface area contributed by atoms with Crippen LogP contribution in [0.3, 0.4) is 0 Å². The van der Waals surface area contributed by atoms with Crippen molar-refractivity contribution in [1.29, 1.82) is 0 Å². The van der Waals surface area contributed by atoms with E-state index in [2.05, 4.69) is 0 Å². The first-order valence-corrected chi connectivity index (χ1v) is 7.82. The second-order valence-electron chi connectivity index (χ2n) is 4.45. The fourth-order valence-corrected chi connectivity index (χ4v) is 3.52. The monoisotopic (exact) mass is 304 g/mol. The van der Waals surface area contributed by atoms with Crippen LogP contribution in [0, 0.1) is 12.7 Å². The summed E-state index contributed by atoms with van der Waals surface area (Å²) in [5.41, 5.74) is 5.82. The Hall–Kier alpha value is -1.02. The zero-order valence-electron chi connectivity index (χ0n) is 11.8. The third-order valence-corrected chi connectivity index (χ3v) is 4.97. The SMILES string of the molecule is COCCN(CCCN)S(=O)(=O)c1ccc(F)cc1C. The van der Waals surface area contributed by atoms with Crippen LogP contribution < -0.4 is 5.73 Å². The summed E-state index contributed by atoms with van der Waals surface area (Å²) in [6.45, 7) is 2.84. The summed E-state index contributed by atoms with van der Waals surface area (Å²) >= 11 is 0. The van der Waals surface area contributed by atoms with Crippen LogP contribution in [0.5, 0.6) is 0 Å². The number of ether oxygens (including phenoxy) is 1. The third kappa shape index (κ3) is 4.24. The Kier molecular flexibility index (Phi) is 6.54. The number of sulfonamides is 1. The van der Waals surface area contributed by atoms with Gasteiger partial charge in [0.2, 0.25) is 10.0 Å². The van der Waals surface area contributed by atoms with Crippen LogP contribution in [-0.4, -0.2) is 46.1 Å². The fourth-order valence-electron chi connectivity index (χ4n) is 1.85. The normalized spacial score (nSPS) is 12.1. The Morgan fingerprint density at radius 3 is 2.60 bits per heavy atom. The van der Waals surface area contributed by atoms with Crippen LogP contribution in [0.2, 0.25) is 0 Å². The van der Waals surface area contributed by atoms with Crippen molar-refractivity contribution in [3.63, 3.8) is 0 Å². The van der Waals surface area contributed by atoms with Gasteiger partial charge in [-0.05, 0) is 43.7 Å². The quantitative estimate of drug-likeness (QED) is 0.781. The van der Waals surface area contributed by atoms with Crippen molar-refractivity contribution >= 4 is 10.0 Å². The maximum absolute atomic E-state index is 13.1. The van der Waals surface area contributed by atoms with Gasteiger partial charge in [0.25, 0.3) is 0 Å². The highest BCUT2D eigenvalue weighted by atomic mass is 32.2. The summed E-state index contributed by atoms with van der Waals surface area (Å²) in [5.74, 6) is -0.452. The van der Waals surface area contributed by atoms with Crippen molar-refractivity contribution in [1.82, 2.24) is 4.31 Å². The van der Waals surface area contributed by atoms with Crippen molar-refractivity contribution in [2.75, 3.05) is 33.4 Å². The molecule has 0 aliphatic carbocycles. The molecule has 0 saturated carbocycles. The van der Waals surface area contributed by atoms with Crippen molar-refractivity contribution in [2.45, 2.75) is 18.2 Å². The van der Waals surface area contributed by atoms with E-state index in [1.165, 1.54) is 23.5 Å². The van der Waals surface area contributed by atoms with Crippen LogP contribution in [-0.2, 0) is 14.8 Å². The molecule has 0 atom stereocenters. The average molecular weight is 304 g/mol. The van der Waals surface area contributed by atoms with E-state index in [-0.39, 0.29) is 11.4 Å². The fraction of sp³-hybridized carbons (Fsp3) is 0.538. The number of hydrogen-bond donors (Lipinski definition) is 1. The lowest BCUT2D eigenvalue weighted by molar-refractivity contribution is 0.178. The summed E-state index contributed by atoms with van der Waals surface area (Å²) in [7, 11) is -2.15. The highest BCUT2D eigenvalue weighted by molar-refractivity contribution is 7.89. The second kappa shape index (κ2) is 7.68. The van der Waals surface area contributed by atoms with Gasteiger partial charge in [-0.2, -0.15) is 4.31 Å². The molecule has 1 aromatic rings. The predicted molar refractivity (Wildman–Crippen MR) is 75.4 cm³/mol. The van der Waals surface area contributed by atoms with E-state index >= 15 is 0 Å². The van der Waals surface area contributed by atoms with Crippen molar-refractivity contribution in [3.05, 3.63) is 29.6 Å². The molecular weight excluding hydrogens is 283 g/mol. The molecule has 1 aromatic carbocycles. The van der Waals surface area contributed by atoms with E-state index in [4.69, 9.17) is 10.5 Å². The van der Waals surface area contributed by atoms with Gasteiger partial charge < -0.3 is 10.5 Å². The zero-order chi connectivity index (χ0) is 15.2. The van der Waals surface area contributed by atoms with Gasteiger partial charge in [-0.25, -0.2) is 12.8 Å². The van der Waals surface area contributed by atoms with Gasteiger partial charge in [-0.1, -0.05) is 0 Å². The molecule has 20 heavy (non-hydrogen) atoms. The minimum atomic E-state index is -3.66. The second-order valence-corrected chi connectivity index (χ2v) is 6.36. The minimum Gasteiger partial charge on any atom is -0.383 e. The number of rotatable bonds is 8. The van der Waals surface area contributed by atoms with E-state index in [0.29, 0.717) is 31.7 Å². The van der Waals surface area contributed by atoms with Crippen LogP contribution in [0.4, 0.5) is 4.39 Å². The summed E-state index contributed by atoms with van der Waals surface area (Å²) in [4.78, 5) is 0.118. The van der Waals surface area contributed by atoms with Gasteiger partial charge in [-0.15, -0.1) is 0 Å². The number of nitrogens with two attached hydrogens (primary N) is 1.